The number of nitrogens with zero attached hydrogens (tertiary/aromatic N) is 6. The standard InChI is InChI=1S/C29H35N7O3/c1-20-19-30-10-7-26(32-20)34-12-3-13-35(15-14-34)29(38)21-4-2-5-25-24(18-21)27-23(28(37)33-25)6-11-31-36(27)22-8-16-39-17-9-22/h4-5,7,11,18-19,22H,2-3,6,8-10,12-17H2,1H3,(H,33,37). The molecule has 0 aromatic carbocycles. The van der Waals surface area contributed by atoms with Crippen LogP contribution >= 0.6 is 0 Å². The van der Waals surface area contributed by atoms with Crippen LogP contribution in [0.25, 0.3) is 12.2 Å². The summed E-state index contributed by atoms with van der Waals surface area (Å²) >= 11 is 0. The largest absolute Gasteiger partial charge is 0.381 e. The molecule has 4 aliphatic heterocycles. The molecule has 1 N–H and O–H groups in total. The van der Waals surface area contributed by atoms with Crippen LogP contribution in [0.5, 0.6) is 0 Å². The number of aromatic nitrogens is 1. The van der Waals surface area contributed by atoms with E-state index in [0.717, 1.165) is 60.1 Å². The molecular formula is C29H35N7O3. The van der Waals surface area contributed by atoms with Crippen LogP contribution in [0.15, 0.2) is 43.4 Å². The lowest BCUT2D eigenvalue weighted by atomic mass is 10.0. The van der Waals surface area contributed by atoms with Crippen molar-refractivity contribution in [2.24, 2.45) is 15.1 Å². The summed E-state index contributed by atoms with van der Waals surface area (Å²) in [4.78, 5) is 43.3. The molecule has 1 aromatic rings. The Balaban J connectivity index is 1.29. The number of H-pyrrole nitrogens is 1. The predicted molar refractivity (Wildman–Crippen MR) is 154 cm³/mol. The van der Waals surface area contributed by atoms with Crippen LogP contribution in [-0.4, -0.2) is 90.8 Å². The van der Waals surface area contributed by atoms with Crippen LogP contribution in [0.4, 0.5) is 5.69 Å². The number of pyridine rings is 1. The van der Waals surface area contributed by atoms with Crippen LogP contribution in [0, 0.1) is 0 Å². The maximum atomic E-state index is 13.9. The third kappa shape index (κ3) is 5.25. The fourth-order valence-corrected chi connectivity index (χ4v) is 5.88. The van der Waals surface area contributed by atoms with Gasteiger partial charge < -0.3 is 19.5 Å². The molecule has 10 nitrogen and oxygen atoms in total. The van der Waals surface area contributed by atoms with Gasteiger partial charge in [0.1, 0.15) is 5.82 Å². The summed E-state index contributed by atoms with van der Waals surface area (Å²) in [7, 11) is 0. The number of aromatic amines is 1. The third-order valence-corrected chi connectivity index (χ3v) is 7.88. The van der Waals surface area contributed by atoms with Gasteiger partial charge in [0.25, 0.3) is 11.5 Å². The van der Waals surface area contributed by atoms with E-state index in [-0.39, 0.29) is 17.5 Å². The highest BCUT2D eigenvalue weighted by molar-refractivity contribution is 6.29. The molecule has 204 valence electrons. The van der Waals surface area contributed by atoms with E-state index in [1.165, 1.54) is 0 Å². The minimum Gasteiger partial charge on any atom is -0.381 e. The first kappa shape index (κ1) is 25.5. The number of ether oxygens (including phenoxy) is 1. The Labute approximate surface area is 227 Å². The average Bonchev–Trinajstić information content (AvgIpc) is 3.43. The Bertz CT molecular complexity index is 1480. The van der Waals surface area contributed by atoms with E-state index < -0.39 is 0 Å². The van der Waals surface area contributed by atoms with Crippen LogP contribution in [0.2, 0.25) is 0 Å². The van der Waals surface area contributed by atoms with Gasteiger partial charge in [-0.25, -0.2) is 4.99 Å². The van der Waals surface area contributed by atoms with Crippen molar-refractivity contribution in [1.29, 1.82) is 0 Å². The summed E-state index contributed by atoms with van der Waals surface area (Å²) < 4.78 is 5.58. The Morgan fingerprint density at radius 1 is 1.10 bits per heavy atom. The molecule has 2 fully saturated rings. The van der Waals surface area contributed by atoms with Crippen LogP contribution < -0.4 is 21.1 Å². The third-order valence-electron chi connectivity index (χ3n) is 7.88. The number of allylic oxidation sites excluding steroid dienone is 1. The number of fused-ring (bicyclic) bond motifs is 3. The molecule has 0 atom stereocenters. The SMILES string of the molecule is CC1=NC(N2CCCN(C(=O)C3=CCC=c4[nH]c(=O)c5c(c4=C3)N(C3CCOCC3)N=CC5)CC2)=CCN=C1. The number of hydrogen-bond donors (Lipinski definition) is 1. The molecule has 0 radical (unpaired) electrons. The number of hydrogen-bond acceptors (Lipinski definition) is 8. The summed E-state index contributed by atoms with van der Waals surface area (Å²) in [5, 5.41) is 8.36. The molecule has 0 spiro atoms. The molecule has 39 heavy (non-hydrogen) atoms. The molecular weight excluding hydrogens is 494 g/mol. The minimum atomic E-state index is -0.0879. The molecule has 5 aliphatic rings. The van der Waals surface area contributed by atoms with E-state index in [0.29, 0.717) is 56.8 Å². The van der Waals surface area contributed by atoms with Gasteiger partial charge in [-0.15, -0.1) is 0 Å². The maximum Gasteiger partial charge on any atom is 0.254 e. The highest BCUT2D eigenvalue weighted by Crippen LogP contribution is 2.25. The lowest BCUT2D eigenvalue weighted by Gasteiger charge is -2.35. The lowest BCUT2D eigenvalue weighted by Crippen LogP contribution is -2.47. The number of anilines is 1. The van der Waals surface area contributed by atoms with Crippen molar-refractivity contribution < 1.29 is 9.53 Å². The highest BCUT2D eigenvalue weighted by atomic mass is 16.5. The van der Waals surface area contributed by atoms with Crippen molar-refractivity contribution in [2.45, 2.75) is 45.1 Å². The Hall–Kier alpha value is -3.79. The fraction of sp³-hybridized carbons (Fsp3) is 0.483. The fourth-order valence-electron chi connectivity index (χ4n) is 5.88. The Morgan fingerprint density at radius 2 is 1.97 bits per heavy atom. The molecule has 6 rings (SSSR count). The van der Waals surface area contributed by atoms with E-state index in [2.05, 4.69) is 21.0 Å². The molecule has 1 aromatic heterocycles. The van der Waals surface area contributed by atoms with Crippen LogP contribution in [-0.2, 0) is 16.0 Å². The van der Waals surface area contributed by atoms with Crippen LogP contribution in [0.1, 0.15) is 38.2 Å². The van der Waals surface area contributed by atoms with Gasteiger partial charge in [-0.1, -0.05) is 12.2 Å². The predicted octanol–water partition coefficient (Wildman–Crippen LogP) is 0.714. The zero-order valence-electron chi connectivity index (χ0n) is 22.4. The number of hydrazone groups is 1. The quantitative estimate of drug-likeness (QED) is 0.621. The number of nitrogens with one attached hydrogen (secondary N) is 1. The first-order valence-electron chi connectivity index (χ1n) is 13.9. The summed E-state index contributed by atoms with van der Waals surface area (Å²) in [6.45, 7) is 6.81. The number of aliphatic imine (C=N–C) groups is 2. The number of amides is 1. The second-order valence-electron chi connectivity index (χ2n) is 10.5. The van der Waals surface area contributed by atoms with Crippen molar-refractivity contribution in [3.05, 3.63) is 50.0 Å². The monoisotopic (exact) mass is 529 g/mol. The van der Waals surface area contributed by atoms with Crippen molar-refractivity contribution in [3.63, 3.8) is 0 Å². The van der Waals surface area contributed by atoms with E-state index in [1.807, 2.05) is 41.3 Å². The Kier molecular flexibility index (Phi) is 7.28. The molecule has 1 aliphatic carbocycles. The van der Waals surface area contributed by atoms with Gasteiger partial charge >= 0.3 is 0 Å². The lowest BCUT2D eigenvalue weighted by molar-refractivity contribution is -0.126. The van der Waals surface area contributed by atoms with E-state index >= 15 is 0 Å². The summed E-state index contributed by atoms with van der Waals surface area (Å²) in [6, 6.07) is 0.159. The first-order chi connectivity index (χ1) is 19.1. The molecule has 0 unspecified atom stereocenters. The number of carbonyl (C=O) groups excluding carboxylic acids is 1. The zero-order valence-corrected chi connectivity index (χ0v) is 22.4. The van der Waals surface area contributed by atoms with Crippen molar-refractivity contribution in [3.8, 4) is 0 Å². The molecule has 1 amide bonds. The average molecular weight is 530 g/mol. The van der Waals surface area contributed by atoms with Gasteiger partial charge in [0, 0.05) is 79.9 Å². The summed E-state index contributed by atoms with van der Waals surface area (Å²) in [5.74, 6) is 0.959. The second kappa shape index (κ2) is 11.1. The van der Waals surface area contributed by atoms with Gasteiger partial charge in [0.05, 0.1) is 24.0 Å². The van der Waals surface area contributed by atoms with Crippen molar-refractivity contribution in [1.82, 2.24) is 14.8 Å². The molecule has 2 saturated heterocycles. The minimum absolute atomic E-state index is 0.0211. The van der Waals surface area contributed by atoms with Gasteiger partial charge in [0.15, 0.2) is 0 Å². The molecule has 0 bridgehead atoms. The Morgan fingerprint density at radius 3 is 2.85 bits per heavy atom. The second-order valence-corrected chi connectivity index (χ2v) is 10.5. The molecule has 0 saturated carbocycles. The zero-order chi connectivity index (χ0) is 26.8. The first-order valence-corrected chi connectivity index (χ1v) is 13.9. The van der Waals surface area contributed by atoms with Crippen LogP contribution in [0.3, 0.4) is 0 Å². The van der Waals surface area contributed by atoms with Gasteiger partial charge in [-0.2, -0.15) is 5.10 Å². The van der Waals surface area contributed by atoms with Gasteiger partial charge in [-0.3, -0.25) is 19.6 Å². The van der Waals surface area contributed by atoms with E-state index in [9.17, 15) is 9.59 Å². The molecule has 10 heteroatoms. The van der Waals surface area contributed by atoms with Crippen molar-refractivity contribution >= 4 is 41.9 Å². The molecule has 5 heterocycles. The number of rotatable bonds is 3. The smallest absolute Gasteiger partial charge is 0.254 e. The summed E-state index contributed by atoms with van der Waals surface area (Å²) in [5.41, 5.74) is 3.00. The highest BCUT2D eigenvalue weighted by Gasteiger charge is 2.29. The van der Waals surface area contributed by atoms with E-state index in [1.54, 1.807) is 6.21 Å². The van der Waals surface area contributed by atoms with E-state index in [4.69, 9.17) is 14.8 Å². The van der Waals surface area contributed by atoms with Gasteiger partial charge in [0.2, 0.25) is 0 Å². The topological polar surface area (TPSA) is 106 Å². The number of carbonyl (C=O) groups is 1. The summed E-state index contributed by atoms with van der Waals surface area (Å²) in [6.07, 6.45) is 15.2. The normalized spacial score (nSPS) is 21.8. The maximum absolute atomic E-state index is 13.9. The van der Waals surface area contributed by atoms with Gasteiger partial charge in [-0.05, 0) is 44.8 Å². The van der Waals surface area contributed by atoms with Crippen molar-refractivity contribution in [2.75, 3.05) is 50.9 Å².